The molecule has 0 fully saturated rings. The van der Waals surface area contributed by atoms with Gasteiger partial charge in [-0.25, -0.2) is 0 Å². The Bertz CT molecular complexity index is 1880. The van der Waals surface area contributed by atoms with Crippen LogP contribution in [0.5, 0.6) is 0 Å². The highest BCUT2D eigenvalue weighted by atomic mass is 15.2. The molecule has 1 unspecified atom stereocenters. The average molecular weight is 542 g/mol. The van der Waals surface area contributed by atoms with Gasteiger partial charge in [0.1, 0.15) is 0 Å². The first-order valence-corrected chi connectivity index (χ1v) is 14.5. The van der Waals surface area contributed by atoms with Crippen LogP contribution in [0.4, 0.5) is 39.8 Å². The van der Waals surface area contributed by atoms with Crippen molar-refractivity contribution in [1.29, 1.82) is 0 Å². The van der Waals surface area contributed by atoms with Gasteiger partial charge in [0.25, 0.3) is 0 Å². The SMILES string of the molecule is CN1c2cc(-c3ccccc3)ccc2C2c3ccc(N(c4ccccc4)c4ccccc4)cc3N(C)c3cccc1c32. The average Bonchev–Trinajstić information content (AvgIpc) is 3.06. The van der Waals surface area contributed by atoms with E-state index in [9.17, 15) is 0 Å². The lowest BCUT2D eigenvalue weighted by Crippen LogP contribution is -2.29. The molecule has 42 heavy (non-hydrogen) atoms. The first kappa shape index (κ1) is 24.5. The number of para-hydroxylation sites is 2. The fourth-order valence-corrected chi connectivity index (χ4v) is 6.86. The van der Waals surface area contributed by atoms with Gasteiger partial charge in [-0.05, 0) is 76.9 Å². The summed E-state index contributed by atoms with van der Waals surface area (Å²) in [7, 11) is 4.41. The second-order valence-corrected chi connectivity index (χ2v) is 11.2. The zero-order valence-corrected chi connectivity index (χ0v) is 23.8. The highest BCUT2D eigenvalue weighted by Crippen LogP contribution is 2.57. The summed E-state index contributed by atoms with van der Waals surface area (Å²) in [5.74, 6) is 0.161. The third-order valence-electron chi connectivity index (χ3n) is 8.85. The third-order valence-corrected chi connectivity index (χ3v) is 8.85. The summed E-state index contributed by atoms with van der Waals surface area (Å²) < 4.78 is 0. The number of rotatable bonds is 4. The van der Waals surface area contributed by atoms with Gasteiger partial charge in [0, 0.05) is 65.4 Å². The molecular weight excluding hydrogens is 510 g/mol. The van der Waals surface area contributed by atoms with E-state index in [0.717, 1.165) is 17.1 Å². The topological polar surface area (TPSA) is 9.72 Å². The molecule has 2 aliphatic heterocycles. The molecule has 0 aromatic heterocycles. The lowest BCUT2D eigenvalue weighted by atomic mass is 9.76. The Morgan fingerprint density at radius 3 is 1.55 bits per heavy atom. The van der Waals surface area contributed by atoms with Gasteiger partial charge < -0.3 is 14.7 Å². The van der Waals surface area contributed by atoms with E-state index in [2.05, 4.69) is 174 Å². The molecule has 0 saturated heterocycles. The van der Waals surface area contributed by atoms with Crippen LogP contribution >= 0.6 is 0 Å². The molecule has 0 spiro atoms. The highest BCUT2D eigenvalue weighted by molar-refractivity contribution is 5.92. The van der Waals surface area contributed by atoms with E-state index in [-0.39, 0.29) is 5.92 Å². The van der Waals surface area contributed by atoms with Crippen molar-refractivity contribution in [3.8, 4) is 11.1 Å². The minimum Gasteiger partial charge on any atom is -0.344 e. The van der Waals surface area contributed by atoms with Gasteiger partial charge in [-0.3, -0.25) is 0 Å². The Labute approximate surface area is 247 Å². The number of benzene rings is 6. The maximum atomic E-state index is 2.37. The molecule has 2 heterocycles. The van der Waals surface area contributed by atoms with Crippen LogP contribution in [0.1, 0.15) is 22.6 Å². The van der Waals surface area contributed by atoms with Crippen molar-refractivity contribution in [2.45, 2.75) is 5.92 Å². The fourth-order valence-electron chi connectivity index (χ4n) is 6.86. The molecule has 3 heteroatoms. The lowest BCUT2D eigenvalue weighted by molar-refractivity contribution is 0.890. The van der Waals surface area contributed by atoms with E-state index in [1.165, 1.54) is 50.6 Å². The molecule has 3 nitrogen and oxygen atoms in total. The predicted octanol–water partition coefficient (Wildman–Crippen LogP) is 10.2. The maximum absolute atomic E-state index is 2.37. The first-order valence-electron chi connectivity index (χ1n) is 14.5. The van der Waals surface area contributed by atoms with Crippen LogP contribution < -0.4 is 14.7 Å². The van der Waals surface area contributed by atoms with Crippen molar-refractivity contribution in [1.82, 2.24) is 0 Å². The van der Waals surface area contributed by atoms with Crippen molar-refractivity contribution in [3.63, 3.8) is 0 Å². The second kappa shape index (κ2) is 9.67. The van der Waals surface area contributed by atoms with Crippen LogP contribution in [0.3, 0.4) is 0 Å². The molecule has 1 atom stereocenters. The van der Waals surface area contributed by atoms with Crippen molar-refractivity contribution >= 4 is 39.8 Å². The Balaban J connectivity index is 1.31. The summed E-state index contributed by atoms with van der Waals surface area (Å²) in [6.07, 6.45) is 0. The minimum atomic E-state index is 0.161. The molecule has 2 aliphatic rings. The van der Waals surface area contributed by atoms with E-state index in [1.807, 2.05) is 0 Å². The summed E-state index contributed by atoms with van der Waals surface area (Å²) in [6.45, 7) is 0. The zero-order chi connectivity index (χ0) is 28.2. The van der Waals surface area contributed by atoms with Crippen LogP contribution in [0.2, 0.25) is 0 Å². The molecule has 0 N–H and O–H groups in total. The smallest absolute Gasteiger partial charge is 0.0482 e. The molecule has 0 saturated carbocycles. The van der Waals surface area contributed by atoms with Crippen molar-refractivity contribution in [3.05, 3.63) is 162 Å². The van der Waals surface area contributed by atoms with E-state index in [1.54, 1.807) is 0 Å². The number of nitrogens with zero attached hydrogens (tertiary/aromatic N) is 3. The van der Waals surface area contributed by atoms with Gasteiger partial charge in [-0.1, -0.05) is 91.0 Å². The largest absolute Gasteiger partial charge is 0.344 e. The minimum absolute atomic E-state index is 0.161. The highest BCUT2D eigenvalue weighted by Gasteiger charge is 2.38. The second-order valence-electron chi connectivity index (χ2n) is 11.2. The van der Waals surface area contributed by atoms with Gasteiger partial charge in [-0.15, -0.1) is 0 Å². The maximum Gasteiger partial charge on any atom is 0.0482 e. The van der Waals surface area contributed by atoms with Gasteiger partial charge in [-0.2, -0.15) is 0 Å². The molecule has 0 bridgehead atoms. The Morgan fingerprint density at radius 2 is 0.952 bits per heavy atom. The standard InChI is InChI=1S/C39H31N3/c1-40-34-19-12-20-35-39(34)38(32-23-21-28(25-36(32)40)27-13-6-3-7-14-27)33-24-22-31(26-37(33)41(35)2)42(29-15-8-4-9-16-29)30-17-10-5-11-18-30/h3-26,38H,1-2H3. The molecule has 0 amide bonds. The monoisotopic (exact) mass is 541 g/mol. The Morgan fingerprint density at radius 1 is 0.429 bits per heavy atom. The number of hydrogen-bond acceptors (Lipinski definition) is 3. The van der Waals surface area contributed by atoms with Crippen LogP contribution in [0.25, 0.3) is 11.1 Å². The molecule has 6 aromatic rings. The van der Waals surface area contributed by atoms with Gasteiger partial charge >= 0.3 is 0 Å². The fraction of sp³-hybridized carbons (Fsp3) is 0.0769. The first-order chi connectivity index (χ1) is 20.7. The quantitative estimate of drug-likeness (QED) is 0.220. The van der Waals surface area contributed by atoms with Crippen LogP contribution in [-0.2, 0) is 0 Å². The summed E-state index contributed by atoms with van der Waals surface area (Å²) >= 11 is 0. The van der Waals surface area contributed by atoms with Crippen LogP contribution in [0.15, 0.2) is 146 Å². The van der Waals surface area contributed by atoms with Gasteiger partial charge in [0.15, 0.2) is 0 Å². The van der Waals surface area contributed by atoms with Crippen molar-refractivity contribution < 1.29 is 0 Å². The zero-order valence-electron chi connectivity index (χ0n) is 23.8. The Kier molecular flexibility index (Phi) is 5.65. The summed E-state index contributed by atoms with van der Waals surface area (Å²) in [6, 6.07) is 52.7. The lowest BCUT2D eigenvalue weighted by Gasteiger charge is -2.43. The molecule has 0 radical (unpaired) electrons. The molecule has 0 aliphatic carbocycles. The predicted molar refractivity (Wildman–Crippen MR) is 177 cm³/mol. The van der Waals surface area contributed by atoms with Crippen LogP contribution in [-0.4, -0.2) is 14.1 Å². The van der Waals surface area contributed by atoms with Gasteiger partial charge in [0.05, 0.1) is 0 Å². The normalized spacial score (nSPS) is 14.6. The molecule has 6 aromatic carbocycles. The summed E-state index contributed by atoms with van der Waals surface area (Å²) in [4.78, 5) is 7.09. The molecular formula is C39H31N3. The van der Waals surface area contributed by atoms with Crippen molar-refractivity contribution in [2.24, 2.45) is 0 Å². The van der Waals surface area contributed by atoms with E-state index < -0.39 is 0 Å². The number of fused-ring (bicyclic) bond motifs is 4. The van der Waals surface area contributed by atoms with E-state index in [0.29, 0.717) is 0 Å². The van der Waals surface area contributed by atoms with Crippen LogP contribution in [0, 0.1) is 0 Å². The summed E-state index contributed by atoms with van der Waals surface area (Å²) in [5, 5.41) is 0. The molecule has 8 rings (SSSR count). The molecule has 202 valence electrons. The summed E-state index contributed by atoms with van der Waals surface area (Å²) in [5.41, 5.74) is 15.0. The Hall–Kier alpha value is -5.28. The van der Waals surface area contributed by atoms with E-state index >= 15 is 0 Å². The number of anilines is 7. The van der Waals surface area contributed by atoms with Gasteiger partial charge in [0.2, 0.25) is 0 Å². The van der Waals surface area contributed by atoms with E-state index in [4.69, 9.17) is 0 Å². The third kappa shape index (κ3) is 3.74. The van der Waals surface area contributed by atoms with Crippen molar-refractivity contribution in [2.75, 3.05) is 28.8 Å². The number of hydrogen-bond donors (Lipinski definition) is 0.